The number of anilines is 2. The fourth-order valence-corrected chi connectivity index (χ4v) is 2.17. The summed E-state index contributed by atoms with van der Waals surface area (Å²) < 4.78 is 0. The molecule has 0 fully saturated rings. The molecule has 0 bridgehead atoms. The van der Waals surface area contributed by atoms with Crippen molar-refractivity contribution in [3.63, 3.8) is 0 Å². The zero-order chi connectivity index (χ0) is 15.4. The second kappa shape index (κ2) is 6.10. The molecule has 21 heavy (non-hydrogen) atoms. The molecule has 0 spiro atoms. The van der Waals surface area contributed by atoms with Crippen LogP contribution in [0.5, 0.6) is 0 Å². The van der Waals surface area contributed by atoms with Crippen molar-refractivity contribution in [3.8, 4) is 6.07 Å². The molecule has 0 aliphatic carbocycles. The Labute approximate surface area is 124 Å². The minimum Gasteiger partial charge on any atom is -0.399 e. The third-order valence-electron chi connectivity index (χ3n) is 3.47. The van der Waals surface area contributed by atoms with Crippen molar-refractivity contribution in [2.45, 2.75) is 12.8 Å². The molecular weight excluding hydrogens is 262 g/mol. The van der Waals surface area contributed by atoms with Gasteiger partial charge >= 0.3 is 0 Å². The predicted octanol–water partition coefficient (Wildman–Crippen LogP) is 2.91. The van der Waals surface area contributed by atoms with Crippen molar-refractivity contribution in [1.82, 2.24) is 0 Å². The number of hydrogen-bond donors (Lipinski definition) is 1. The first-order chi connectivity index (χ1) is 10.0. The van der Waals surface area contributed by atoms with Crippen LogP contribution in [0.3, 0.4) is 0 Å². The molecule has 4 heteroatoms. The first kappa shape index (κ1) is 14.6. The van der Waals surface area contributed by atoms with Crippen LogP contribution in [0.2, 0.25) is 0 Å². The normalized spacial score (nSPS) is 11.5. The summed E-state index contributed by atoms with van der Waals surface area (Å²) in [5, 5.41) is 8.93. The molecule has 0 radical (unpaired) electrons. The molecule has 0 aliphatic heterocycles. The Morgan fingerprint density at radius 1 is 1.24 bits per heavy atom. The number of nitrogen functional groups attached to an aromatic ring is 1. The smallest absolute Gasteiger partial charge is 0.233 e. The fraction of sp³-hybridized carbons (Fsp3) is 0.176. The van der Waals surface area contributed by atoms with E-state index in [0.29, 0.717) is 16.9 Å². The van der Waals surface area contributed by atoms with Crippen LogP contribution in [0.1, 0.15) is 24.0 Å². The van der Waals surface area contributed by atoms with Crippen LogP contribution in [0, 0.1) is 11.3 Å². The van der Waals surface area contributed by atoms with E-state index in [2.05, 4.69) is 6.07 Å². The van der Waals surface area contributed by atoms with Gasteiger partial charge in [-0.3, -0.25) is 4.79 Å². The third kappa shape index (κ3) is 3.21. The number of nitrogens with two attached hydrogens (primary N) is 1. The van der Waals surface area contributed by atoms with E-state index in [-0.39, 0.29) is 11.8 Å². The molecule has 0 heterocycles. The standard InChI is InChI=1S/C17H17N3O/c1-12(14-6-4-7-15(19)10-14)17(21)20(2)16-8-3-5-13(9-16)11-18/h3-10,12H,19H2,1-2H3. The van der Waals surface area contributed by atoms with Crippen molar-refractivity contribution in [1.29, 1.82) is 5.26 Å². The second-order valence-electron chi connectivity index (χ2n) is 4.95. The van der Waals surface area contributed by atoms with E-state index in [1.165, 1.54) is 0 Å². The zero-order valence-corrected chi connectivity index (χ0v) is 12.1. The molecule has 4 nitrogen and oxygen atoms in total. The summed E-state index contributed by atoms with van der Waals surface area (Å²) in [6.45, 7) is 1.85. The van der Waals surface area contributed by atoms with Crippen LogP contribution < -0.4 is 10.6 Å². The first-order valence-electron chi connectivity index (χ1n) is 6.66. The summed E-state index contributed by atoms with van der Waals surface area (Å²) in [7, 11) is 1.71. The SMILES string of the molecule is CC(C(=O)N(C)c1cccc(C#N)c1)c1cccc(N)c1. The molecule has 2 aromatic carbocycles. The highest BCUT2D eigenvalue weighted by Crippen LogP contribution is 2.23. The molecule has 0 aliphatic rings. The van der Waals surface area contributed by atoms with Crippen molar-refractivity contribution < 1.29 is 4.79 Å². The van der Waals surface area contributed by atoms with Crippen LogP contribution >= 0.6 is 0 Å². The molecular formula is C17H17N3O. The van der Waals surface area contributed by atoms with Crippen LogP contribution in [0.15, 0.2) is 48.5 Å². The van der Waals surface area contributed by atoms with Gasteiger partial charge in [-0.15, -0.1) is 0 Å². The van der Waals surface area contributed by atoms with E-state index >= 15 is 0 Å². The predicted molar refractivity (Wildman–Crippen MR) is 83.8 cm³/mol. The summed E-state index contributed by atoms with van der Waals surface area (Å²) in [6.07, 6.45) is 0. The van der Waals surface area contributed by atoms with Gasteiger partial charge in [0.2, 0.25) is 5.91 Å². The topological polar surface area (TPSA) is 70.1 Å². The van der Waals surface area contributed by atoms with Crippen molar-refractivity contribution in [2.75, 3.05) is 17.7 Å². The Kier molecular flexibility index (Phi) is 4.24. The van der Waals surface area contributed by atoms with Gasteiger partial charge in [-0.2, -0.15) is 5.26 Å². The molecule has 1 amide bonds. The summed E-state index contributed by atoms with van der Waals surface area (Å²) >= 11 is 0. The van der Waals surface area contributed by atoms with Gasteiger partial charge in [-0.05, 0) is 42.8 Å². The molecule has 2 N–H and O–H groups in total. The summed E-state index contributed by atoms with van der Waals surface area (Å²) in [5.41, 5.74) is 8.51. The van der Waals surface area contributed by atoms with Gasteiger partial charge in [0.1, 0.15) is 0 Å². The average Bonchev–Trinajstić information content (AvgIpc) is 2.52. The number of amides is 1. The van der Waals surface area contributed by atoms with Crippen molar-refractivity contribution in [3.05, 3.63) is 59.7 Å². The highest BCUT2D eigenvalue weighted by molar-refractivity contribution is 5.97. The fourth-order valence-electron chi connectivity index (χ4n) is 2.17. The Hall–Kier alpha value is -2.80. The molecule has 0 aromatic heterocycles. The third-order valence-corrected chi connectivity index (χ3v) is 3.47. The number of nitrogens with zero attached hydrogens (tertiary/aromatic N) is 2. The summed E-state index contributed by atoms with van der Waals surface area (Å²) in [4.78, 5) is 14.1. The molecule has 2 rings (SSSR count). The first-order valence-corrected chi connectivity index (χ1v) is 6.66. The van der Waals surface area contributed by atoms with E-state index in [4.69, 9.17) is 11.0 Å². The molecule has 0 saturated carbocycles. The lowest BCUT2D eigenvalue weighted by Crippen LogP contribution is -2.30. The maximum Gasteiger partial charge on any atom is 0.233 e. The minimum atomic E-state index is -0.302. The lowest BCUT2D eigenvalue weighted by Gasteiger charge is -2.22. The summed E-state index contributed by atoms with van der Waals surface area (Å²) in [6, 6.07) is 16.4. The molecule has 1 unspecified atom stereocenters. The number of rotatable bonds is 3. The van der Waals surface area contributed by atoms with E-state index in [1.54, 1.807) is 36.2 Å². The molecule has 1 atom stereocenters. The molecule has 0 saturated heterocycles. The number of likely N-dealkylation sites (N-methyl/N-ethyl adjacent to an activating group) is 1. The Balaban J connectivity index is 2.24. The van der Waals surface area contributed by atoms with Gasteiger partial charge in [0, 0.05) is 18.4 Å². The second-order valence-corrected chi connectivity index (χ2v) is 4.95. The van der Waals surface area contributed by atoms with Gasteiger partial charge in [0.05, 0.1) is 17.6 Å². The Morgan fingerprint density at radius 2 is 1.95 bits per heavy atom. The van der Waals surface area contributed by atoms with Gasteiger partial charge in [-0.1, -0.05) is 18.2 Å². The van der Waals surface area contributed by atoms with Crippen LogP contribution in [-0.2, 0) is 4.79 Å². The monoisotopic (exact) mass is 279 g/mol. The number of benzene rings is 2. The van der Waals surface area contributed by atoms with Crippen LogP contribution in [0.4, 0.5) is 11.4 Å². The van der Waals surface area contributed by atoms with Crippen LogP contribution in [-0.4, -0.2) is 13.0 Å². The van der Waals surface area contributed by atoms with E-state index in [0.717, 1.165) is 5.56 Å². The maximum absolute atomic E-state index is 12.6. The number of nitriles is 1. The maximum atomic E-state index is 12.6. The lowest BCUT2D eigenvalue weighted by molar-refractivity contribution is -0.119. The number of hydrogen-bond acceptors (Lipinski definition) is 3. The van der Waals surface area contributed by atoms with E-state index < -0.39 is 0 Å². The lowest BCUT2D eigenvalue weighted by atomic mass is 9.99. The Morgan fingerprint density at radius 3 is 2.62 bits per heavy atom. The van der Waals surface area contributed by atoms with Gasteiger partial charge < -0.3 is 10.6 Å². The van der Waals surface area contributed by atoms with Crippen LogP contribution in [0.25, 0.3) is 0 Å². The van der Waals surface area contributed by atoms with Crippen molar-refractivity contribution in [2.24, 2.45) is 0 Å². The van der Waals surface area contributed by atoms with Gasteiger partial charge in [0.25, 0.3) is 0 Å². The largest absolute Gasteiger partial charge is 0.399 e. The average molecular weight is 279 g/mol. The van der Waals surface area contributed by atoms with Gasteiger partial charge in [0.15, 0.2) is 0 Å². The number of carbonyl (C=O) groups is 1. The van der Waals surface area contributed by atoms with Gasteiger partial charge in [-0.25, -0.2) is 0 Å². The van der Waals surface area contributed by atoms with E-state index in [9.17, 15) is 4.79 Å². The quantitative estimate of drug-likeness (QED) is 0.878. The Bertz CT molecular complexity index is 703. The molecule has 106 valence electrons. The number of carbonyl (C=O) groups excluding carboxylic acids is 1. The highest BCUT2D eigenvalue weighted by Gasteiger charge is 2.20. The zero-order valence-electron chi connectivity index (χ0n) is 12.1. The molecule has 2 aromatic rings. The minimum absolute atomic E-state index is 0.0457. The highest BCUT2D eigenvalue weighted by atomic mass is 16.2. The summed E-state index contributed by atoms with van der Waals surface area (Å²) in [5.74, 6) is -0.347. The van der Waals surface area contributed by atoms with E-state index in [1.807, 2.05) is 31.2 Å². The van der Waals surface area contributed by atoms with Crippen molar-refractivity contribution >= 4 is 17.3 Å².